The Labute approximate surface area is 170 Å². The molecule has 1 aromatic heterocycles. The van der Waals surface area contributed by atoms with E-state index in [1.165, 1.54) is 6.07 Å². The first-order valence-electron chi connectivity index (χ1n) is 9.69. The smallest absolute Gasteiger partial charge is 0.336 e. The van der Waals surface area contributed by atoms with Crippen LogP contribution in [0.3, 0.4) is 0 Å². The molecule has 1 aromatic carbocycles. The van der Waals surface area contributed by atoms with Crippen LogP contribution in [0.4, 0.5) is 11.5 Å². The Balaban J connectivity index is 1.87. The van der Waals surface area contributed by atoms with Crippen molar-refractivity contribution in [3.05, 3.63) is 52.2 Å². The topological polar surface area (TPSA) is 103 Å². The number of aromatic carboxylic acids is 1. The fourth-order valence-corrected chi connectivity index (χ4v) is 3.59. The van der Waals surface area contributed by atoms with Gasteiger partial charge < -0.3 is 20.4 Å². The van der Waals surface area contributed by atoms with E-state index in [-0.39, 0.29) is 11.5 Å². The van der Waals surface area contributed by atoms with Gasteiger partial charge in [0, 0.05) is 18.8 Å². The van der Waals surface area contributed by atoms with Crippen LogP contribution in [0.2, 0.25) is 0 Å². The molecular weight excluding hydrogens is 370 g/mol. The van der Waals surface area contributed by atoms with Crippen LogP contribution in [0, 0.1) is 20.8 Å². The van der Waals surface area contributed by atoms with Gasteiger partial charge in [-0.25, -0.2) is 9.78 Å². The molecule has 2 heterocycles. The van der Waals surface area contributed by atoms with E-state index < -0.39 is 11.6 Å². The maximum absolute atomic E-state index is 13.0. The number of pyridine rings is 1. The summed E-state index contributed by atoms with van der Waals surface area (Å²) < 4.78 is 0. The molecule has 7 heteroatoms. The van der Waals surface area contributed by atoms with Gasteiger partial charge in [0.25, 0.3) is 5.91 Å². The molecule has 0 spiro atoms. The molecule has 2 aromatic rings. The second-order valence-corrected chi connectivity index (χ2v) is 8.01. The van der Waals surface area contributed by atoms with Crippen molar-refractivity contribution in [3.63, 3.8) is 0 Å². The monoisotopic (exact) mass is 397 g/mol. The lowest BCUT2D eigenvalue weighted by atomic mass is 9.94. The highest BCUT2D eigenvalue weighted by molar-refractivity contribution is 6.06. The van der Waals surface area contributed by atoms with Crippen LogP contribution in [-0.4, -0.2) is 45.8 Å². The molecule has 1 aliphatic rings. The molecule has 1 aliphatic heterocycles. The van der Waals surface area contributed by atoms with Crippen molar-refractivity contribution in [1.29, 1.82) is 0 Å². The number of aryl methyl sites for hydroxylation is 2. The van der Waals surface area contributed by atoms with Crippen LogP contribution in [-0.2, 0) is 0 Å². The number of piperidine rings is 1. The van der Waals surface area contributed by atoms with Gasteiger partial charge >= 0.3 is 5.97 Å². The van der Waals surface area contributed by atoms with E-state index in [1.54, 1.807) is 13.0 Å². The minimum Gasteiger partial charge on any atom is -0.478 e. The molecule has 0 saturated carbocycles. The zero-order valence-electron chi connectivity index (χ0n) is 17.2. The Morgan fingerprint density at radius 1 is 1.07 bits per heavy atom. The molecule has 0 unspecified atom stereocenters. The number of carboxylic acid groups (broad SMARTS) is 1. The minimum atomic E-state index is -1.03. The van der Waals surface area contributed by atoms with Crippen LogP contribution in [0.5, 0.6) is 0 Å². The largest absolute Gasteiger partial charge is 0.478 e. The van der Waals surface area contributed by atoms with E-state index in [4.69, 9.17) is 0 Å². The molecule has 1 saturated heterocycles. The summed E-state index contributed by atoms with van der Waals surface area (Å²) in [6, 6.07) is 6.96. The Kier molecular flexibility index (Phi) is 5.61. The number of nitrogens with zero attached hydrogens (tertiary/aromatic N) is 2. The van der Waals surface area contributed by atoms with Crippen molar-refractivity contribution in [2.75, 3.05) is 23.3 Å². The summed E-state index contributed by atoms with van der Waals surface area (Å²) in [6.07, 6.45) is 1.29. The number of hydrogen-bond donors (Lipinski definition) is 3. The molecular formula is C22H27N3O4. The molecule has 29 heavy (non-hydrogen) atoms. The van der Waals surface area contributed by atoms with E-state index >= 15 is 0 Å². The fourth-order valence-electron chi connectivity index (χ4n) is 3.59. The number of rotatable bonds is 4. The SMILES string of the molecule is Cc1ccc(N2CCC(C)(O)CC2)nc1C(=O)Nc1c(C)ccc(C(=O)O)c1C. The molecule has 7 nitrogen and oxygen atoms in total. The van der Waals surface area contributed by atoms with Gasteiger partial charge in [0.2, 0.25) is 0 Å². The molecule has 0 atom stereocenters. The van der Waals surface area contributed by atoms with E-state index in [0.29, 0.717) is 48.7 Å². The number of aliphatic hydroxyl groups is 1. The standard InChI is InChI=1S/C22H27N3O4/c1-13-5-7-16(21(27)28)15(3)18(13)24-20(26)19-14(2)6-8-17(23-19)25-11-9-22(4,29)10-12-25/h5-8,29H,9-12H2,1-4H3,(H,24,26)(H,27,28). The third-order valence-corrected chi connectivity index (χ3v) is 5.60. The van der Waals surface area contributed by atoms with Crippen molar-refractivity contribution in [2.24, 2.45) is 0 Å². The number of anilines is 2. The molecule has 3 N–H and O–H groups in total. The number of nitrogens with one attached hydrogen (secondary N) is 1. The average Bonchev–Trinajstić information content (AvgIpc) is 2.65. The Bertz CT molecular complexity index is 959. The first kappa shape index (κ1) is 20.8. The van der Waals surface area contributed by atoms with Crippen molar-refractivity contribution in [1.82, 2.24) is 4.98 Å². The summed E-state index contributed by atoms with van der Waals surface area (Å²) >= 11 is 0. The van der Waals surface area contributed by atoms with E-state index in [0.717, 1.165) is 11.1 Å². The summed E-state index contributed by atoms with van der Waals surface area (Å²) in [5.41, 5.74) is 2.33. The summed E-state index contributed by atoms with van der Waals surface area (Å²) in [6.45, 7) is 8.50. The Hall–Kier alpha value is -2.93. The summed E-state index contributed by atoms with van der Waals surface area (Å²) in [7, 11) is 0. The Morgan fingerprint density at radius 3 is 2.31 bits per heavy atom. The van der Waals surface area contributed by atoms with Gasteiger partial charge in [-0.15, -0.1) is 0 Å². The van der Waals surface area contributed by atoms with Crippen LogP contribution in [0.15, 0.2) is 24.3 Å². The fraction of sp³-hybridized carbons (Fsp3) is 0.409. The normalized spacial score (nSPS) is 15.8. The maximum Gasteiger partial charge on any atom is 0.336 e. The number of carboxylic acids is 1. The number of amides is 1. The van der Waals surface area contributed by atoms with Crippen LogP contribution >= 0.6 is 0 Å². The first-order chi connectivity index (χ1) is 13.6. The van der Waals surface area contributed by atoms with Gasteiger partial charge in [-0.2, -0.15) is 0 Å². The highest BCUT2D eigenvalue weighted by Crippen LogP contribution is 2.27. The van der Waals surface area contributed by atoms with E-state index in [1.807, 2.05) is 32.9 Å². The second-order valence-electron chi connectivity index (χ2n) is 8.01. The molecule has 0 aliphatic carbocycles. The Morgan fingerprint density at radius 2 is 1.69 bits per heavy atom. The first-order valence-corrected chi connectivity index (χ1v) is 9.69. The summed E-state index contributed by atoms with van der Waals surface area (Å²) in [4.78, 5) is 31.0. The summed E-state index contributed by atoms with van der Waals surface area (Å²) in [5, 5.41) is 22.3. The molecule has 3 rings (SSSR count). The molecule has 154 valence electrons. The predicted octanol–water partition coefficient (Wildman–Crippen LogP) is 3.31. The van der Waals surface area contributed by atoms with Crippen LogP contribution < -0.4 is 10.2 Å². The number of aromatic nitrogens is 1. The highest BCUT2D eigenvalue weighted by Gasteiger charge is 2.28. The zero-order valence-corrected chi connectivity index (χ0v) is 17.2. The summed E-state index contributed by atoms with van der Waals surface area (Å²) in [5.74, 6) is -0.707. The predicted molar refractivity (Wildman–Crippen MR) is 112 cm³/mol. The minimum absolute atomic E-state index is 0.157. The van der Waals surface area contributed by atoms with Crippen molar-refractivity contribution in [2.45, 2.75) is 46.1 Å². The molecule has 0 bridgehead atoms. The van der Waals surface area contributed by atoms with Crippen LogP contribution in [0.25, 0.3) is 0 Å². The second kappa shape index (κ2) is 7.83. The average molecular weight is 397 g/mol. The lowest BCUT2D eigenvalue weighted by Crippen LogP contribution is -2.42. The van der Waals surface area contributed by atoms with Gasteiger partial charge in [-0.05, 0) is 69.4 Å². The lowest BCUT2D eigenvalue weighted by Gasteiger charge is -2.36. The molecule has 1 fully saturated rings. The number of carbonyl (C=O) groups excluding carboxylic acids is 1. The van der Waals surface area contributed by atoms with Crippen molar-refractivity contribution in [3.8, 4) is 0 Å². The molecule has 1 amide bonds. The molecule has 0 radical (unpaired) electrons. The van der Waals surface area contributed by atoms with Gasteiger partial charge in [0.05, 0.1) is 11.2 Å². The lowest BCUT2D eigenvalue weighted by molar-refractivity contribution is 0.0350. The number of benzene rings is 1. The van der Waals surface area contributed by atoms with E-state index in [9.17, 15) is 19.8 Å². The van der Waals surface area contributed by atoms with Gasteiger partial charge in [0.15, 0.2) is 0 Å². The number of hydrogen-bond acceptors (Lipinski definition) is 5. The number of carbonyl (C=O) groups is 2. The van der Waals surface area contributed by atoms with Gasteiger partial charge in [0.1, 0.15) is 11.5 Å². The van der Waals surface area contributed by atoms with Crippen molar-refractivity contribution >= 4 is 23.4 Å². The quantitative estimate of drug-likeness (QED) is 0.731. The highest BCUT2D eigenvalue weighted by atomic mass is 16.4. The maximum atomic E-state index is 13.0. The van der Waals surface area contributed by atoms with Crippen molar-refractivity contribution < 1.29 is 19.8 Å². The van der Waals surface area contributed by atoms with Crippen LogP contribution in [0.1, 0.15) is 57.3 Å². The van der Waals surface area contributed by atoms with Gasteiger partial charge in [-0.1, -0.05) is 12.1 Å². The van der Waals surface area contributed by atoms with Gasteiger partial charge in [-0.3, -0.25) is 4.79 Å². The third-order valence-electron chi connectivity index (χ3n) is 5.60. The van der Waals surface area contributed by atoms with E-state index in [2.05, 4.69) is 15.2 Å². The zero-order chi connectivity index (χ0) is 21.3. The third kappa shape index (κ3) is 4.40.